The Labute approximate surface area is 116 Å². The molecule has 0 aliphatic heterocycles. The van der Waals surface area contributed by atoms with Gasteiger partial charge < -0.3 is 9.73 Å². The highest BCUT2D eigenvalue weighted by molar-refractivity contribution is 6.30. The standard InChI is InChI=1S/C13H14ClN3O2/c1-2-3-7-15-11(18)13-17-16-12(19-13)9-5-4-6-10(14)8-9/h4-6,8H,2-3,7H2,1H3,(H,15,18). The van der Waals surface area contributed by atoms with Crippen molar-refractivity contribution in [1.82, 2.24) is 15.5 Å². The first-order valence-corrected chi connectivity index (χ1v) is 6.46. The van der Waals surface area contributed by atoms with Crippen LogP contribution in [0.3, 0.4) is 0 Å². The van der Waals surface area contributed by atoms with Gasteiger partial charge in [-0.25, -0.2) is 0 Å². The lowest BCUT2D eigenvalue weighted by atomic mass is 10.2. The van der Waals surface area contributed by atoms with Crippen LogP contribution in [0.1, 0.15) is 30.5 Å². The number of amides is 1. The maximum Gasteiger partial charge on any atom is 0.308 e. The van der Waals surface area contributed by atoms with Gasteiger partial charge in [0.05, 0.1) is 0 Å². The molecule has 0 bridgehead atoms. The lowest BCUT2D eigenvalue weighted by Gasteiger charge is -1.99. The van der Waals surface area contributed by atoms with Crippen molar-refractivity contribution < 1.29 is 9.21 Å². The predicted molar refractivity (Wildman–Crippen MR) is 72.0 cm³/mol. The Morgan fingerprint density at radius 1 is 1.42 bits per heavy atom. The van der Waals surface area contributed by atoms with Crippen molar-refractivity contribution >= 4 is 17.5 Å². The molecule has 1 heterocycles. The summed E-state index contributed by atoms with van der Waals surface area (Å²) >= 11 is 5.88. The van der Waals surface area contributed by atoms with Gasteiger partial charge >= 0.3 is 11.8 Å². The van der Waals surface area contributed by atoms with Crippen LogP contribution in [0.15, 0.2) is 28.7 Å². The van der Waals surface area contributed by atoms with Gasteiger partial charge in [-0.15, -0.1) is 10.2 Å². The fourth-order valence-corrected chi connectivity index (χ4v) is 1.70. The van der Waals surface area contributed by atoms with Crippen LogP contribution in [0.5, 0.6) is 0 Å². The monoisotopic (exact) mass is 279 g/mol. The van der Waals surface area contributed by atoms with Crippen LogP contribution in [0, 0.1) is 0 Å². The molecule has 2 rings (SSSR count). The summed E-state index contributed by atoms with van der Waals surface area (Å²) in [6.07, 6.45) is 1.93. The fourth-order valence-electron chi connectivity index (χ4n) is 1.51. The molecule has 1 amide bonds. The minimum atomic E-state index is -0.353. The Bertz CT molecular complexity index is 569. The number of hydrogen-bond donors (Lipinski definition) is 1. The van der Waals surface area contributed by atoms with Gasteiger partial charge in [-0.3, -0.25) is 4.79 Å². The zero-order valence-electron chi connectivity index (χ0n) is 10.5. The van der Waals surface area contributed by atoms with E-state index in [-0.39, 0.29) is 17.7 Å². The van der Waals surface area contributed by atoms with Gasteiger partial charge in [-0.1, -0.05) is 31.0 Å². The first-order valence-electron chi connectivity index (χ1n) is 6.08. The largest absolute Gasteiger partial charge is 0.412 e. The van der Waals surface area contributed by atoms with Crippen LogP contribution < -0.4 is 5.32 Å². The number of nitrogens with zero attached hydrogens (tertiary/aromatic N) is 2. The average Bonchev–Trinajstić information content (AvgIpc) is 2.88. The number of rotatable bonds is 5. The summed E-state index contributed by atoms with van der Waals surface area (Å²) in [5.74, 6) is -0.108. The lowest BCUT2D eigenvalue weighted by molar-refractivity contribution is 0.0919. The number of carbonyl (C=O) groups excluding carboxylic acids is 1. The van der Waals surface area contributed by atoms with E-state index in [2.05, 4.69) is 22.4 Å². The zero-order chi connectivity index (χ0) is 13.7. The molecule has 0 saturated heterocycles. The SMILES string of the molecule is CCCCNC(=O)c1nnc(-c2cccc(Cl)c2)o1. The second-order valence-electron chi connectivity index (χ2n) is 4.03. The van der Waals surface area contributed by atoms with Crippen LogP contribution in [-0.2, 0) is 0 Å². The average molecular weight is 280 g/mol. The number of nitrogens with one attached hydrogen (secondary N) is 1. The molecule has 5 nitrogen and oxygen atoms in total. The predicted octanol–water partition coefficient (Wildman–Crippen LogP) is 2.92. The first-order chi connectivity index (χ1) is 9.20. The van der Waals surface area contributed by atoms with Gasteiger partial charge in [0.2, 0.25) is 5.89 Å². The van der Waals surface area contributed by atoms with Crippen LogP contribution in [-0.4, -0.2) is 22.6 Å². The van der Waals surface area contributed by atoms with Gasteiger partial charge in [0, 0.05) is 17.1 Å². The van der Waals surface area contributed by atoms with E-state index in [9.17, 15) is 4.79 Å². The van der Waals surface area contributed by atoms with E-state index in [1.807, 2.05) is 0 Å². The van der Waals surface area contributed by atoms with Crippen molar-refractivity contribution in [3.63, 3.8) is 0 Å². The van der Waals surface area contributed by atoms with Crippen LogP contribution in [0.2, 0.25) is 5.02 Å². The molecule has 0 atom stereocenters. The fraction of sp³-hybridized carbons (Fsp3) is 0.308. The number of halogens is 1. The van der Waals surface area contributed by atoms with E-state index in [1.54, 1.807) is 24.3 Å². The lowest BCUT2D eigenvalue weighted by Crippen LogP contribution is -2.24. The van der Waals surface area contributed by atoms with Gasteiger partial charge in [0.15, 0.2) is 0 Å². The molecule has 1 aromatic carbocycles. The number of benzene rings is 1. The Morgan fingerprint density at radius 2 is 2.26 bits per heavy atom. The summed E-state index contributed by atoms with van der Waals surface area (Å²) in [5.41, 5.74) is 0.688. The zero-order valence-corrected chi connectivity index (χ0v) is 11.3. The van der Waals surface area contributed by atoms with E-state index in [4.69, 9.17) is 16.0 Å². The third-order valence-electron chi connectivity index (χ3n) is 2.51. The highest BCUT2D eigenvalue weighted by Crippen LogP contribution is 2.21. The summed E-state index contributed by atoms with van der Waals surface area (Å²) in [6, 6.07) is 7.02. The topological polar surface area (TPSA) is 68.0 Å². The minimum Gasteiger partial charge on any atom is -0.412 e. The molecule has 0 unspecified atom stereocenters. The molecule has 19 heavy (non-hydrogen) atoms. The van der Waals surface area contributed by atoms with Gasteiger partial charge in [-0.2, -0.15) is 0 Å². The molecule has 0 saturated carbocycles. The Kier molecular flexibility index (Phi) is 4.52. The molecule has 0 aliphatic carbocycles. The molecule has 1 aromatic heterocycles. The molecular formula is C13H14ClN3O2. The minimum absolute atomic E-state index is 0.0360. The van der Waals surface area contributed by atoms with Crippen molar-refractivity contribution in [2.75, 3.05) is 6.54 Å². The highest BCUT2D eigenvalue weighted by Gasteiger charge is 2.15. The maximum atomic E-state index is 11.7. The summed E-state index contributed by atoms with van der Waals surface area (Å²) in [4.78, 5) is 11.7. The quantitative estimate of drug-likeness (QED) is 0.855. The van der Waals surface area contributed by atoms with Crippen molar-refractivity contribution in [2.24, 2.45) is 0 Å². The summed E-state index contributed by atoms with van der Waals surface area (Å²) in [6.45, 7) is 2.65. The smallest absolute Gasteiger partial charge is 0.308 e. The number of hydrogen-bond acceptors (Lipinski definition) is 4. The Hall–Kier alpha value is -1.88. The van der Waals surface area contributed by atoms with E-state index in [0.29, 0.717) is 17.1 Å². The summed E-state index contributed by atoms with van der Waals surface area (Å²) < 4.78 is 5.32. The Balaban J connectivity index is 2.08. The third-order valence-corrected chi connectivity index (χ3v) is 2.74. The molecule has 0 radical (unpaired) electrons. The molecule has 6 heteroatoms. The van der Waals surface area contributed by atoms with Crippen molar-refractivity contribution in [2.45, 2.75) is 19.8 Å². The van der Waals surface area contributed by atoms with E-state index in [1.165, 1.54) is 0 Å². The number of carbonyl (C=O) groups is 1. The molecule has 0 fully saturated rings. The van der Waals surface area contributed by atoms with Gasteiger partial charge in [0.25, 0.3) is 0 Å². The highest BCUT2D eigenvalue weighted by atomic mass is 35.5. The van der Waals surface area contributed by atoms with Crippen molar-refractivity contribution in [1.29, 1.82) is 0 Å². The molecule has 1 N–H and O–H groups in total. The van der Waals surface area contributed by atoms with Crippen LogP contribution >= 0.6 is 11.6 Å². The Morgan fingerprint density at radius 3 is 3.00 bits per heavy atom. The normalized spacial score (nSPS) is 10.4. The first kappa shape index (κ1) is 13.5. The molecule has 100 valence electrons. The van der Waals surface area contributed by atoms with E-state index >= 15 is 0 Å². The molecule has 2 aromatic rings. The number of unbranched alkanes of at least 4 members (excludes halogenated alkanes) is 1. The van der Waals surface area contributed by atoms with Gasteiger partial charge in [-0.05, 0) is 24.6 Å². The maximum absolute atomic E-state index is 11.7. The van der Waals surface area contributed by atoms with Crippen molar-refractivity contribution in [3.8, 4) is 11.5 Å². The van der Waals surface area contributed by atoms with E-state index < -0.39 is 0 Å². The van der Waals surface area contributed by atoms with Crippen LogP contribution in [0.25, 0.3) is 11.5 Å². The molecular weight excluding hydrogens is 266 g/mol. The van der Waals surface area contributed by atoms with Crippen molar-refractivity contribution in [3.05, 3.63) is 35.2 Å². The molecule has 0 spiro atoms. The second-order valence-corrected chi connectivity index (χ2v) is 4.47. The number of aromatic nitrogens is 2. The third kappa shape index (κ3) is 3.54. The second kappa shape index (κ2) is 6.33. The van der Waals surface area contributed by atoms with Crippen LogP contribution in [0.4, 0.5) is 0 Å². The summed E-state index contributed by atoms with van der Waals surface area (Å²) in [5, 5.41) is 10.9. The molecule has 0 aliphatic rings. The van der Waals surface area contributed by atoms with Gasteiger partial charge in [0.1, 0.15) is 0 Å². The van der Waals surface area contributed by atoms with E-state index in [0.717, 1.165) is 12.8 Å². The summed E-state index contributed by atoms with van der Waals surface area (Å²) in [7, 11) is 0.